The van der Waals surface area contributed by atoms with Crippen molar-refractivity contribution in [2.45, 2.75) is 19.5 Å². The second kappa shape index (κ2) is 6.90. The van der Waals surface area contributed by atoms with Gasteiger partial charge in [-0.2, -0.15) is 0 Å². The number of aromatic nitrogens is 2. The minimum atomic E-state index is -0.520. The zero-order valence-electron chi connectivity index (χ0n) is 11.1. The molecule has 0 aliphatic carbocycles. The molecule has 110 valence electrons. The van der Waals surface area contributed by atoms with E-state index in [1.54, 1.807) is 12.1 Å². The molecule has 7 heteroatoms. The zero-order valence-corrected chi connectivity index (χ0v) is 11.9. The van der Waals surface area contributed by atoms with Crippen LogP contribution in [0.25, 0.3) is 0 Å². The van der Waals surface area contributed by atoms with Gasteiger partial charge in [-0.25, -0.2) is 4.79 Å². The molecule has 0 atom stereocenters. The van der Waals surface area contributed by atoms with E-state index in [1.165, 1.54) is 16.8 Å². The lowest BCUT2D eigenvalue weighted by atomic mass is 10.2. The van der Waals surface area contributed by atoms with E-state index >= 15 is 0 Å². The summed E-state index contributed by atoms with van der Waals surface area (Å²) in [6.45, 7) is 0.610. The molecule has 0 spiro atoms. The van der Waals surface area contributed by atoms with Crippen molar-refractivity contribution in [1.82, 2.24) is 14.9 Å². The smallest absolute Gasteiger partial charge is 0.328 e. The van der Waals surface area contributed by atoms with Crippen LogP contribution in [0.1, 0.15) is 12.0 Å². The van der Waals surface area contributed by atoms with Gasteiger partial charge < -0.3 is 9.88 Å². The van der Waals surface area contributed by atoms with Crippen molar-refractivity contribution in [3.05, 3.63) is 68.0 Å². The van der Waals surface area contributed by atoms with Crippen LogP contribution in [0.3, 0.4) is 0 Å². The summed E-state index contributed by atoms with van der Waals surface area (Å²) in [4.78, 5) is 36.2. The summed E-state index contributed by atoms with van der Waals surface area (Å²) in [5.74, 6) is -0.178. The molecule has 0 saturated heterocycles. The highest BCUT2D eigenvalue weighted by atomic mass is 35.5. The summed E-state index contributed by atoms with van der Waals surface area (Å²) >= 11 is 5.77. The average molecular weight is 308 g/mol. The summed E-state index contributed by atoms with van der Waals surface area (Å²) in [5.41, 5.74) is -0.0367. The SMILES string of the molecule is O=C(CCn1ccc(=O)[nH]c1=O)NCc1ccc(Cl)cc1. The fraction of sp³-hybridized carbons (Fsp3) is 0.214. The van der Waals surface area contributed by atoms with E-state index in [2.05, 4.69) is 10.3 Å². The third-order valence-corrected chi connectivity index (χ3v) is 3.13. The van der Waals surface area contributed by atoms with Crippen molar-refractivity contribution < 1.29 is 4.79 Å². The Morgan fingerprint density at radius 2 is 1.90 bits per heavy atom. The predicted octanol–water partition coefficient (Wildman–Crippen LogP) is 0.896. The van der Waals surface area contributed by atoms with Crippen molar-refractivity contribution in [2.24, 2.45) is 0 Å². The third-order valence-electron chi connectivity index (χ3n) is 2.88. The van der Waals surface area contributed by atoms with Crippen molar-refractivity contribution >= 4 is 17.5 Å². The molecule has 1 aromatic heterocycles. The lowest BCUT2D eigenvalue weighted by molar-refractivity contribution is -0.121. The molecule has 2 aromatic rings. The zero-order chi connectivity index (χ0) is 15.2. The topological polar surface area (TPSA) is 84.0 Å². The van der Waals surface area contributed by atoms with Gasteiger partial charge in [0.2, 0.25) is 5.91 Å². The van der Waals surface area contributed by atoms with E-state index < -0.39 is 11.2 Å². The number of aromatic amines is 1. The summed E-state index contributed by atoms with van der Waals surface area (Å²) in [5, 5.41) is 3.39. The number of hydrogen-bond acceptors (Lipinski definition) is 3. The molecule has 0 fully saturated rings. The Kier molecular flexibility index (Phi) is 4.94. The number of H-pyrrole nitrogens is 1. The number of halogens is 1. The van der Waals surface area contributed by atoms with Crippen LogP contribution in [-0.2, 0) is 17.9 Å². The van der Waals surface area contributed by atoms with Gasteiger partial charge in [0, 0.05) is 36.8 Å². The van der Waals surface area contributed by atoms with Crippen LogP contribution in [0.5, 0.6) is 0 Å². The molecule has 1 heterocycles. The molecular weight excluding hydrogens is 294 g/mol. The lowest BCUT2D eigenvalue weighted by Gasteiger charge is -2.07. The van der Waals surface area contributed by atoms with Crippen LogP contribution in [0.4, 0.5) is 0 Å². The number of benzene rings is 1. The van der Waals surface area contributed by atoms with Crippen LogP contribution in [0.15, 0.2) is 46.1 Å². The highest BCUT2D eigenvalue weighted by Crippen LogP contribution is 2.09. The first-order valence-corrected chi connectivity index (χ1v) is 6.73. The molecule has 1 amide bonds. The number of nitrogens with one attached hydrogen (secondary N) is 2. The Morgan fingerprint density at radius 3 is 2.57 bits per heavy atom. The van der Waals surface area contributed by atoms with Crippen LogP contribution < -0.4 is 16.6 Å². The fourth-order valence-electron chi connectivity index (χ4n) is 1.73. The summed E-state index contributed by atoms with van der Waals surface area (Å²) < 4.78 is 1.28. The number of hydrogen-bond donors (Lipinski definition) is 2. The van der Waals surface area contributed by atoms with Crippen molar-refractivity contribution in [3.63, 3.8) is 0 Å². The van der Waals surface area contributed by atoms with Gasteiger partial charge in [-0.15, -0.1) is 0 Å². The van der Waals surface area contributed by atoms with Crippen molar-refractivity contribution in [3.8, 4) is 0 Å². The standard InChI is InChI=1S/C14H14ClN3O3/c15-11-3-1-10(2-4-11)9-16-12(19)5-7-18-8-6-13(20)17-14(18)21/h1-4,6,8H,5,7,9H2,(H,16,19)(H,17,20,21). The maximum Gasteiger partial charge on any atom is 0.328 e. The van der Waals surface area contributed by atoms with Crippen molar-refractivity contribution in [2.75, 3.05) is 0 Å². The Bertz CT molecular complexity index is 734. The van der Waals surface area contributed by atoms with E-state index in [1.807, 2.05) is 12.1 Å². The predicted molar refractivity (Wildman–Crippen MR) is 79.2 cm³/mol. The number of carbonyl (C=O) groups excluding carboxylic acids is 1. The maximum atomic E-state index is 11.7. The first kappa shape index (κ1) is 15.1. The first-order valence-electron chi connectivity index (χ1n) is 6.35. The average Bonchev–Trinajstić information content (AvgIpc) is 2.46. The molecule has 0 aliphatic rings. The van der Waals surface area contributed by atoms with E-state index in [9.17, 15) is 14.4 Å². The van der Waals surface area contributed by atoms with Crippen LogP contribution in [0.2, 0.25) is 5.02 Å². The van der Waals surface area contributed by atoms with Crippen LogP contribution >= 0.6 is 11.6 Å². The Morgan fingerprint density at radius 1 is 1.19 bits per heavy atom. The second-order valence-electron chi connectivity index (χ2n) is 4.46. The number of nitrogens with zero attached hydrogens (tertiary/aromatic N) is 1. The Hall–Kier alpha value is -2.34. The van der Waals surface area contributed by atoms with Gasteiger partial charge in [-0.1, -0.05) is 23.7 Å². The van der Waals surface area contributed by atoms with Gasteiger partial charge in [0.05, 0.1) is 0 Å². The van der Waals surface area contributed by atoms with Gasteiger partial charge >= 0.3 is 5.69 Å². The van der Waals surface area contributed by atoms with E-state index in [-0.39, 0.29) is 18.9 Å². The molecular formula is C14H14ClN3O3. The summed E-state index contributed by atoms with van der Waals surface area (Å²) in [6, 6.07) is 8.41. The van der Waals surface area contributed by atoms with Gasteiger partial charge in [0.25, 0.3) is 5.56 Å². The Balaban J connectivity index is 1.83. The van der Waals surface area contributed by atoms with E-state index in [0.717, 1.165) is 5.56 Å². The molecule has 1 aromatic carbocycles. The fourth-order valence-corrected chi connectivity index (χ4v) is 1.86. The molecule has 0 saturated carbocycles. The number of rotatable bonds is 5. The molecule has 6 nitrogen and oxygen atoms in total. The lowest BCUT2D eigenvalue weighted by Crippen LogP contribution is -2.31. The number of amides is 1. The molecule has 0 unspecified atom stereocenters. The summed E-state index contributed by atoms with van der Waals surface area (Å²) in [6.07, 6.45) is 1.52. The van der Waals surface area contributed by atoms with Crippen LogP contribution in [0, 0.1) is 0 Å². The minimum absolute atomic E-state index is 0.152. The maximum absolute atomic E-state index is 11.7. The monoisotopic (exact) mass is 307 g/mol. The third kappa shape index (κ3) is 4.61. The van der Waals surface area contributed by atoms with E-state index in [0.29, 0.717) is 11.6 Å². The summed E-state index contributed by atoms with van der Waals surface area (Å²) in [7, 11) is 0. The van der Waals surface area contributed by atoms with Gasteiger partial charge in [0.1, 0.15) is 0 Å². The quantitative estimate of drug-likeness (QED) is 0.860. The van der Waals surface area contributed by atoms with Crippen LogP contribution in [-0.4, -0.2) is 15.5 Å². The second-order valence-corrected chi connectivity index (χ2v) is 4.89. The molecule has 0 bridgehead atoms. The van der Waals surface area contributed by atoms with Gasteiger partial charge in [-0.3, -0.25) is 14.6 Å². The normalized spacial score (nSPS) is 10.3. The highest BCUT2D eigenvalue weighted by molar-refractivity contribution is 6.30. The number of aryl methyl sites for hydroxylation is 1. The highest BCUT2D eigenvalue weighted by Gasteiger charge is 2.03. The molecule has 21 heavy (non-hydrogen) atoms. The van der Waals surface area contributed by atoms with Gasteiger partial charge in [-0.05, 0) is 17.7 Å². The molecule has 0 radical (unpaired) electrons. The molecule has 0 aliphatic heterocycles. The minimum Gasteiger partial charge on any atom is -0.352 e. The Labute approximate surface area is 125 Å². The first-order chi connectivity index (χ1) is 10.0. The van der Waals surface area contributed by atoms with Gasteiger partial charge in [0.15, 0.2) is 0 Å². The molecule has 2 rings (SSSR count). The largest absolute Gasteiger partial charge is 0.352 e. The van der Waals surface area contributed by atoms with Crippen molar-refractivity contribution in [1.29, 1.82) is 0 Å². The number of carbonyl (C=O) groups is 1. The van der Waals surface area contributed by atoms with E-state index in [4.69, 9.17) is 11.6 Å². The molecule has 2 N–H and O–H groups in total.